The van der Waals surface area contributed by atoms with Crippen LogP contribution in [0.25, 0.3) is 0 Å². The van der Waals surface area contributed by atoms with Crippen LogP contribution in [0.5, 0.6) is 5.75 Å². The number of benzene rings is 2. The van der Waals surface area contributed by atoms with E-state index in [1.54, 1.807) is 0 Å². The minimum Gasteiger partial charge on any atom is -0.481 e. The van der Waals surface area contributed by atoms with E-state index >= 15 is 0 Å². The van der Waals surface area contributed by atoms with Gasteiger partial charge in [-0.3, -0.25) is 4.79 Å². The molecule has 0 saturated heterocycles. The summed E-state index contributed by atoms with van der Waals surface area (Å²) < 4.78 is 5.89. The predicted molar refractivity (Wildman–Crippen MR) is 103 cm³/mol. The van der Waals surface area contributed by atoms with Crippen molar-refractivity contribution in [2.24, 2.45) is 0 Å². The number of rotatable bonds is 7. The van der Waals surface area contributed by atoms with Crippen LogP contribution < -0.4 is 10.1 Å². The van der Waals surface area contributed by atoms with E-state index in [0.717, 1.165) is 17.7 Å². The van der Waals surface area contributed by atoms with E-state index in [9.17, 15) is 4.79 Å². The lowest BCUT2D eigenvalue weighted by Crippen LogP contribution is -2.39. The normalized spacial score (nSPS) is 13.2. The van der Waals surface area contributed by atoms with Crippen LogP contribution in [0, 0.1) is 13.8 Å². The Bertz CT molecular complexity index is 706. The van der Waals surface area contributed by atoms with Crippen molar-refractivity contribution in [2.45, 2.75) is 59.6 Å². The van der Waals surface area contributed by atoms with Gasteiger partial charge in [0.15, 0.2) is 6.10 Å². The van der Waals surface area contributed by atoms with E-state index in [1.165, 1.54) is 16.7 Å². The first kappa shape index (κ1) is 19.0. The minimum absolute atomic E-state index is 0.0492. The molecule has 0 aromatic heterocycles. The Morgan fingerprint density at radius 3 is 2.28 bits per heavy atom. The third-order valence-electron chi connectivity index (χ3n) is 4.66. The Labute approximate surface area is 151 Å². The number of ether oxygens (including phenoxy) is 1. The molecule has 0 radical (unpaired) electrons. The Balaban J connectivity index is 2.01. The maximum Gasteiger partial charge on any atom is 0.261 e. The lowest BCUT2D eigenvalue weighted by atomic mass is 10.0. The van der Waals surface area contributed by atoms with Gasteiger partial charge in [0.05, 0.1) is 6.04 Å². The van der Waals surface area contributed by atoms with Crippen LogP contribution >= 0.6 is 0 Å². The van der Waals surface area contributed by atoms with Crippen molar-refractivity contribution < 1.29 is 9.53 Å². The van der Waals surface area contributed by atoms with Gasteiger partial charge in [-0.1, -0.05) is 44.2 Å². The fraction of sp³-hybridized carbons (Fsp3) is 0.409. The van der Waals surface area contributed by atoms with Crippen molar-refractivity contribution in [2.75, 3.05) is 0 Å². The van der Waals surface area contributed by atoms with Gasteiger partial charge in [-0.05, 0) is 68.0 Å². The zero-order valence-corrected chi connectivity index (χ0v) is 15.9. The van der Waals surface area contributed by atoms with Crippen LogP contribution in [0.2, 0.25) is 0 Å². The number of carbonyl (C=O) groups excluding carboxylic acids is 1. The van der Waals surface area contributed by atoms with Crippen molar-refractivity contribution in [3.63, 3.8) is 0 Å². The molecule has 2 atom stereocenters. The molecular formula is C22H29NO2. The smallest absolute Gasteiger partial charge is 0.261 e. The summed E-state index contributed by atoms with van der Waals surface area (Å²) >= 11 is 0. The molecule has 3 nitrogen and oxygen atoms in total. The molecule has 1 N–H and O–H groups in total. The second-order valence-electron chi connectivity index (χ2n) is 6.59. The fourth-order valence-corrected chi connectivity index (χ4v) is 2.71. The fourth-order valence-electron chi connectivity index (χ4n) is 2.71. The molecule has 134 valence electrons. The number of amides is 1. The van der Waals surface area contributed by atoms with Crippen molar-refractivity contribution in [1.29, 1.82) is 0 Å². The van der Waals surface area contributed by atoms with E-state index in [2.05, 4.69) is 44.3 Å². The summed E-state index contributed by atoms with van der Waals surface area (Å²) in [5.74, 6) is 0.658. The van der Waals surface area contributed by atoms with Gasteiger partial charge in [0.1, 0.15) is 5.75 Å². The lowest BCUT2D eigenvalue weighted by Gasteiger charge is -2.21. The quantitative estimate of drug-likeness (QED) is 0.779. The number of hydrogen-bond donors (Lipinski definition) is 1. The zero-order valence-electron chi connectivity index (χ0n) is 15.9. The largest absolute Gasteiger partial charge is 0.481 e. The summed E-state index contributed by atoms with van der Waals surface area (Å²) in [6, 6.07) is 14.2. The molecule has 0 saturated carbocycles. The topological polar surface area (TPSA) is 38.3 Å². The highest BCUT2D eigenvalue weighted by Crippen LogP contribution is 2.19. The lowest BCUT2D eigenvalue weighted by molar-refractivity contribution is -0.128. The van der Waals surface area contributed by atoms with Crippen LogP contribution in [0.15, 0.2) is 42.5 Å². The summed E-state index contributed by atoms with van der Waals surface area (Å²) in [5, 5.41) is 3.07. The number of aryl methyl sites for hydroxylation is 3. The second-order valence-corrected chi connectivity index (χ2v) is 6.59. The maximum absolute atomic E-state index is 12.6. The minimum atomic E-state index is -0.485. The number of carbonyl (C=O) groups is 1. The summed E-state index contributed by atoms with van der Waals surface area (Å²) in [6.45, 7) is 10.3. The molecule has 1 amide bonds. The van der Waals surface area contributed by atoms with Gasteiger partial charge >= 0.3 is 0 Å². The van der Waals surface area contributed by atoms with Gasteiger partial charge in [-0.15, -0.1) is 0 Å². The summed E-state index contributed by atoms with van der Waals surface area (Å²) in [4.78, 5) is 12.6. The van der Waals surface area contributed by atoms with E-state index in [0.29, 0.717) is 6.42 Å². The maximum atomic E-state index is 12.6. The van der Waals surface area contributed by atoms with Crippen molar-refractivity contribution in [3.05, 3.63) is 64.7 Å². The molecule has 0 aliphatic rings. The molecule has 0 fully saturated rings. The van der Waals surface area contributed by atoms with Gasteiger partial charge in [-0.2, -0.15) is 0 Å². The van der Waals surface area contributed by atoms with Gasteiger partial charge in [-0.25, -0.2) is 0 Å². The summed E-state index contributed by atoms with van der Waals surface area (Å²) in [6.07, 6.45) is 1.13. The Morgan fingerprint density at radius 1 is 1.04 bits per heavy atom. The first-order chi connectivity index (χ1) is 11.9. The number of hydrogen-bond acceptors (Lipinski definition) is 2. The van der Waals surface area contributed by atoms with E-state index in [1.807, 2.05) is 38.1 Å². The third-order valence-corrected chi connectivity index (χ3v) is 4.66. The van der Waals surface area contributed by atoms with Crippen molar-refractivity contribution in [3.8, 4) is 5.75 Å². The summed E-state index contributed by atoms with van der Waals surface area (Å²) in [5.41, 5.74) is 4.86. The van der Waals surface area contributed by atoms with Crippen LogP contribution in [0.3, 0.4) is 0 Å². The Hall–Kier alpha value is -2.29. The molecule has 2 aromatic rings. The van der Waals surface area contributed by atoms with Crippen LogP contribution in [-0.4, -0.2) is 12.0 Å². The van der Waals surface area contributed by atoms with E-state index < -0.39 is 6.10 Å². The molecule has 2 aromatic carbocycles. The molecule has 0 spiro atoms. The number of nitrogens with one attached hydrogen (secondary N) is 1. The van der Waals surface area contributed by atoms with Gasteiger partial charge in [0.2, 0.25) is 0 Å². The van der Waals surface area contributed by atoms with E-state index in [-0.39, 0.29) is 11.9 Å². The Kier molecular flexibility index (Phi) is 6.63. The van der Waals surface area contributed by atoms with Gasteiger partial charge in [0, 0.05) is 0 Å². The molecular weight excluding hydrogens is 310 g/mol. The van der Waals surface area contributed by atoms with Crippen LogP contribution in [0.1, 0.15) is 55.5 Å². The second kappa shape index (κ2) is 8.70. The van der Waals surface area contributed by atoms with Crippen LogP contribution in [0.4, 0.5) is 0 Å². The van der Waals surface area contributed by atoms with Crippen molar-refractivity contribution in [1.82, 2.24) is 5.32 Å². The highest BCUT2D eigenvalue weighted by Gasteiger charge is 2.20. The van der Waals surface area contributed by atoms with Gasteiger partial charge < -0.3 is 10.1 Å². The Morgan fingerprint density at radius 2 is 1.72 bits per heavy atom. The molecule has 2 rings (SSSR count). The monoisotopic (exact) mass is 339 g/mol. The molecule has 0 aliphatic heterocycles. The molecule has 25 heavy (non-hydrogen) atoms. The molecule has 0 aliphatic carbocycles. The molecule has 0 heterocycles. The third kappa shape index (κ3) is 5.09. The highest BCUT2D eigenvalue weighted by atomic mass is 16.5. The SMILES string of the molecule is CCc1ccc(O[C@@H](CC)C(=O)N[C@H](C)c2ccc(C)c(C)c2)cc1. The average molecular weight is 339 g/mol. The highest BCUT2D eigenvalue weighted by molar-refractivity contribution is 5.81. The van der Waals surface area contributed by atoms with Crippen LogP contribution in [-0.2, 0) is 11.2 Å². The predicted octanol–water partition coefficient (Wildman–Crippen LogP) is 4.90. The van der Waals surface area contributed by atoms with E-state index in [4.69, 9.17) is 4.74 Å². The first-order valence-corrected chi connectivity index (χ1v) is 9.07. The molecule has 0 bridgehead atoms. The van der Waals surface area contributed by atoms with Gasteiger partial charge in [0.25, 0.3) is 5.91 Å². The zero-order chi connectivity index (χ0) is 18.4. The van der Waals surface area contributed by atoms with Crippen molar-refractivity contribution >= 4 is 5.91 Å². The average Bonchev–Trinajstić information content (AvgIpc) is 2.62. The first-order valence-electron chi connectivity index (χ1n) is 9.07. The molecule has 3 heteroatoms. The standard InChI is InChI=1S/C22H29NO2/c1-6-18-9-12-20(13-10-18)25-21(7-2)22(24)23-17(5)19-11-8-15(3)16(4)14-19/h8-14,17,21H,6-7H2,1-5H3,(H,23,24)/t17-,21+/m1/s1. The molecule has 0 unspecified atom stereocenters. The summed E-state index contributed by atoms with van der Waals surface area (Å²) in [7, 11) is 0.